The van der Waals surface area contributed by atoms with Gasteiger partial charge >= 0.3 is 103 Å². The maximum absolute atomic E-state index is 4.70. The molecular formula is C2H2K2N2S3+2. The van der Waals surface area contributed by atoms with Crippen LogP contribution in [0, 0.1) is 8.73 Å². The van der Waals surface area contributed by atoms with Gasteiger partial charge in [-0.15, -0.1) is 0 Å². The van der Waals surface area contributed by atoms with E-state index >= 15 is 0 Å². The van der Waals surface area contributed by atoms with Crippen LogP contribution in [0.5, 0.6) is 0 Å². The number of aromatic amines is 2. The van der Waals surface area contributed by atoms with E-state index in [1.54, 1.807) is 0 Å². The topological polar surface area (TPSA) is 31.6 Å². The van der Waals surface area contributed by atoms with E-state index in [4.69, 9.17) is 12.2 Å². The van der Waals surface area contributed by atoms with Crippen LogP contribution < -0.4 is 103 Å². The van der Waals surface area contributed by atoms with Crippen molar-refractivity contribution in [1.82, 2.24) is 9.36 Å². The van der Waals surface area contributed by atoms with Crippen molar-refractivity contribution in [2.75, 3.05) is 0 Å². The Morgan fingerprint density at radius 3 is 1.89 bits per heavy atom. The molecule has 1 aromatic rings. The second-order valence-electron chi connectivity index (χ2n) is 0.946. The number of H-pyrrole nitrogens is 2. The zero-order valence-corrected chi connectivity index (χ0v) is 13.9. The zero-order chi connectivity index (χ0) is 5.28. The van der Waals surface area contributed by atoms with Crippen LogP contribution in [0.1, 0.15) is 0 Å². The van der Waals surface area contributed by atoms with Gasteiger partial charge in [-0.2, -0.15) is 0 Å². The number of hydrogen-bond acceptors (Lipinski definition) is 3. The van der Waals surface area contributed by atoms with E-state index in [1.807, 2.05) is 0 Å². The van der Waals surface area contributed by atoms with Crippen LogP contribution in [0.4, 0.5) is 0 Å². The molecule has 0 bridgehead atoms. The second-order valence-corrected chi connectivity index (χ2v) is 2.84. The summed E-state index contributed by atoms with van der Waals surface area (Å²) in [5, 5.41) is 0. The maximum atomic E-state index is 4.70. The first kappa shape index (κ1) is 14.8. The van der Waals surface area contributed by atoms with Gasteiger partial charge in [-0.1, -0.05) is 0 Å². The molecule has 0 aromatic carbocycles. The molecule has 0 fully saturated rings. The van der Waals surface area contributed by atoms with Gasteiger partial charge in [0, 0.05) is 0 Å². The molecule has 38 valence electrons. The Balaban J connectivity index is 0. The quantitative estimate of drug-likeness (QED) is 0.349. The molecular weight excluding hydrogens is 226 g/mol. The van der Waals surface area contributed by atoms with Crippen molar-refractivity contribution >= 4 is 36.0 Å². The average molecular weight is 228 g/mol. The van der Waals surface area contributed by atoms with E-state index in [9.17, 15) is 0 Å². The fourth-order valence-electron chi connectivity index (χ4n) is 0.236. The monoisotopic (exact) mass is 228 g/mol. The average Bonchev–Trinajstić information content (AvgIpc) is 1.87. The summed E-state index contributed by atoms with van der Waals surface area (Å²) in [7, 11) is 0. The molecule has 2 nitrogen and oxygen atoms in total. The summed E-state index contributed by atoms with van der Waals surface area (Å²) in [4.78, 5) is 2.73. The van der Waals surface area contributed by atoms with Crippen molar-refractivity contribution in [2.45, 2.75) is 0 Å². The standard InChI is InChI=1S/C2H2N2S3.2K/c5-1-3-2(6)7-4-1;;/h(H2,3,4,5,6);;/q;2*+1. The van der Waals surface area contributed by atoms with Crippen LogP contribution in [0.3, 0.4) is 0 Å². The van der Waals surface area contributed by atoms with Crippen molar-refractivity contribution in [3.05, 3.63) is 8.73 Å². The molecule has 0 amide bonds. The minimum atomic E-state index is 0. The Kier molecular flexibility index (Phi) is 13.0. The van der Waals surface area contributed by atoms with Gasteiger partial charge in [-0.25, -0.2) is 0 Å². The van der Waals surface area contributed by atoms with Gasteiger partial charge in [-0.3, -0.25) is 4.37 Å². The third-order valence-electron chi connectivity index (χ3n) is 0.452. The molecule has 0 atom stereocenters. The fraction of sp³-hybridized carbons (Fsp3) is 0. The normalized spacial score (nSPS) is 7.11. The summed E-state index contributed by atoms with van der Waals surface area (Å²) in [6.45, 7) is 0. The number of rotatable bonds is 0. The molecule has 0 aliphatic rings. The summed E-state index contributed by atoms with van der Waals surface area (Å²) in [6.07, 6.45) is 0. The SMILES string of the molecule is S=c1[nH]sc(=S)[nH]1.[K+].[K+]. The van der Waals surface area contributed by atoms with Gasteiger partial charge in [0.15, 0.2) is 8.73 Å². The molecule has 0 saturated carbocycles. The molecule has 0 aliphatic carbocycles. The minimum absolute atomic E-state index is 0. The Morgan fingerprint density at radius 2 is 1.78 bits per heavy atom. The van der Waals surface area contributed by atoms with Crippen molar-refractivity contribution in [2.24, 2.45) is 0 Å². The minimum Gasteiger partial charge on any atom is -0.313 e. The first-order valence-electron chi connectivity index (χ1n) is 1.57. The van der Waals surface area contributed by atoms with E-state index in [2.05, 4.69) is 21.6 Å². The van der Waals surface area contributed by atoms with Gasteiger partial charge < -0.3 is 4.98 Å². The zero-order valence-electron chi connectivity index (χ0n) is 5.22. The summed E-state index contributed by atoms with van der Waals surface area (Å²) in [5.74, 6) is 0. The molecule has 1 heterocycles. The van der Waals surface area contributed by atoms with E-state index in [0.717, 1.165) is 0 Å². The summed E-state index contributed by atoms with van der Waals surface area (Å²) < 4.78 is 4.07. The predicted molar refractivity (Wildman–Crippen MR) is 34.7 cm³/mol. The van der Waals surface area contributed by atoms with Gasteiger partial charge in [0.2, 0.25) is 0 Å². The molecule has 0 spiro atoms. The molecule has 0 radical (unpaired) electrons. The third kappa shape index (κ3) is 6.44. The van der Waals surface area contributed by atoms with Gasteiger partial charge in [0.25, 0.3) is 0 Å². The summed E-state index contributed by atoms with van der Waals surface area (Å²) >= 11 is 10.7. The Bertz CT molecular complexity index is 222. The fourth-order valence-corrected chi connectivity index (χ4v) is 1.21. The molecule has 9 heavy (non-hydrogen) atoms. The Morgan fingerprint density at radius 1 is 1.22 bits per heavy atom. The van der Waals surface area contributed by atoms with E-state index in [1.165, 1.54) is 11.5 Å². The van der Waals surface area contributed by atoms with Crippen LogP contribution in [-0.2, 0) is 0 Å². The molecule has 7 heteroatoms. The predicted octanol–water partition coefficient (Wildman–Crippen LogP) is -4.13. The van der Waals surface area contributed by atoms with Crippen molar-refractivity contribution in [3.63, 3.8) is 0 Å². The van der Waals surface area contributed by atoms with Crippen LogP contribution in [0.2, 0.25) is 0 Å². The largest absolute Gasteiger partial charge is 1.00 e. The molecule has 0 saturated heterocycles. The summed E-state index contributed by atoms with van der Waals surface area (Å²) in [5.41, 5.74) is 0. The number of hydrogen-bond donors (Lipinski definition) is 2. The van der Waals surface area contributed by atoms with Crippen molar-refractivity contribution in [3.8, 4) is 0 Å². The molecule has 1 rings (SSSR count). The van der Waals surface area contributed by atoms with Crippen LogP contribution in [-0.4, -0.2) is 9.36 Å². The number of aromatic nitrogens is 2. The van der Waals surface area contributed by atoms with Crippen LogP contribution >= 0.6 is 36.0 Å². The Labute approximate surface area is 152 Å². The molecule has 0 unspecified atom stereocenters. The van der Waals surface area contributed by atoms with Gasteiger partial charge in [-0.05, 0) is 36.0 Å². The third-order valence-corrected chi connectivity index (χ3v) is 1.73. The maximum Gasteiger partial charge on any atom is 1.00 e. The number of nitrogens with one attached hydrogen (secondary N) is 2. The van der Waals surface area contributed by atoms with Gasteiger partial charge in [0.1, 0.15) is 0 Å². The second kappa shape index (κ2) is 7.90. The first-order chi connectivity index (χ1) is 3.29. The van der Waals surface area contributed by atoms with Crippen LogP contribution in [0.25, 0.3) is 0 Å². The molecule has 0 aliphatic heterocycles. The van der Waals surface area contributed by atoms with Gasteiger partial charge in [0.05, 0.1) is 0 Å². The van der Waals surface area contributed by atoms with E-state index in [-0.39, 0.29) is 103 Å². The van der Waals surface area contributed by atoms with Crippen LogP contribution in [0.15, 0.2) is 0 Å². The van der Waals surface area contributed by atoms with E-state index in [0.29, 0.717) is 8.73 Å². The van der Waals surface area contributed by atoms with Crippen molar-refractivity contribution < 1.29 is 103 Å². The summed E-state index contributed by atoms with van der Waals surface area (Å²) in [6, 6.07) is 0. The van der Waals surface area contributed by atoms with Crippen molar-refractivity contribution in [1.29, 1.82) is 0 Å². The van der Waals surface area contributed by atoms with E-state index < -0.39 is 0 Å². The Hall–Kier alpha value is 3.27. The smallest absolute Gasteiger partial charge is 0.313 e. The molecule has 1 aromatic heterocycles. The molecule has 2 N–H and O–H groups in total. The first-order valence-corrected chi connectivity index (χ1v) is 3.20.